The summed E-state index contributed by atoms with van der Waals surface area (Å²) in [4.78, 5) is 4.00. The van der Waals surface area contributed by atoms with Crippen molar-refractivity contribution in [2.45, 2.75) is 51.9 Å². The minimum Gasteiger partial charge on any atom is -0.265 e. The maximum absolute atomic E-state index is 4.00. The van der Waals surface area contributed by atoms with Crippen molar-refractivity contribution in [2.75, 3.05) is 0 Å². The molecule has 0 aliphatic carbocycles. The number of unbranched alkanes of at least 4 members (excludes halogenated alkanes) is 6. The molecular formula is C15H23N. The Bertz CT molecular complexity index is 277. The lowest BCUT2D eigenvalue weighted by Crippen LogP contribution is -1.78. The van der Waals surface area contributed by atoms with Crippen LogP contribution >= 0.6 is 0 Å². The third-order valence-electron chi connectivity index (χ3n) is 2.74. The third kappa shape index (κ3) is 6.39. The van der Waals surface area contributed by atoms with Gasteiger partial charge in [-0.25, -0.2) is 0 Å². The first kappa shape index (κ1) is 13.0. The molecule has 0 saturated heterocycles. The van der Waals surface area contributed by atoms with Crippen LogP contribution in [0.3, 0.4) is 0 Å². The largest absolute Gasteiger partial charge is 0.265 e. The van der Waals surface area contributed by atoms with Gasteiger partial charge in [0, 0.05) is 12.4 Å². The van der Waals surface area contributed by atoms with E-state index >= 15 is 0 Å². The summed E-state index contributed by atoms with van der Waals surface area (Å²) < 4.78 is 0. The van der Waals surface area contributed by atoms with E-state index in [9.17, 15) is 0 Å². The lowest BCUT2D eigenvalue weighted by molar-refractivity contribution is 0.611. The molecule has 0 atom stereocenters. The number of aromatic nitrogens is 1. The number of allylic oxidation sites excluding steroid dienone is 1. The van der Waals surface area contributed by atoms with E-state index < -0.39 is 0 Å². The Hall–Kier alpha value is -1.11. The summed E-state index contributed by atoms with van der Waals surface area (Å²) in [6.07, 6.45) is 17.6. The van der Waals surface area contributed by atoms with Crippen LogP contribution in [0.5, 0.6) is 0 Å². The summed E-state index contributed by atoms with van der Waals surface area (Å²) in [5, 5.41) is 0. The molecule has 0 aliphatic heterocycles. The van der Waals surface area contributed by atoms with Gasteiger partial charge in [-0.3, -0.25) is 4.98 Å². The maximum atomic E-state index is 4.00. The van der Waals surface area contributed by atoms with Gasteiger partial charge in [-0.15, -0.1) is 0 Å². The van der Waals surface area contributed by atoms with Crippen LogP contribution in [0, 0.1) is 0 Å². The van der Waals surface area contributed by atoms with Crippen LogP contribution in [-0.2, 0) is 0 Å². The Morgan fingerprint density at radius 1 is 1.00 bits per heavy atom. The predicted octanol–water partition coefficient (Wildman–Crippen LogP) is 4.85. The van der Waals surface area contributed by atoms with Gasteiger partial charge in [-0.2, -0.15) is 0 Å². The Labute approximate surface area is 99.6 Å². The fraction of sp³-hybridized carbons (Fsp3) is 0.533. The molecule has 1 aromatic rings. The summed E-state index contributed by atoms with van der Waals surface area (Å²) in [5.41, 5.74) is 1.25. The summed E-state index contributed by atoms with van der Waals surface area (Å²) in [6, 6.07) is 4.08. The zero-order valence-electron chi connectivity index (χ0n) is 10.4. The summed E-state index contributed by atoms with van der Waals surface area (Å²) >= 11 is 0. The fourth-order valence-corrected chi connectivity index (χ4v) is 1.74. The molecule has 0 aromatic carbocycles. The average molecular weight is 217 g/mol. The van der Waals surface area contributed by atoms with E-state index in [2.05, 4.69) is 24.1 Å². The van der Waals surface area contributed by atoms with Crippen molar-refractivity contribution < 1.29 is 0 Å². The maximum Gasteiger partial charge on any atom is 0.0273 e. The molecule has 1 aromatic heterocycles. The van der Waals surface area contributed by atoms with Crippen molar-refractivity contribution in [3.05, 3.63) is 36.2 Å². The van der Waals surface area contributed by atoms with Gasteiger partial charge in [0.25, 0.3) is 0 Å². The van der Waals surface area contributed by atoms with Gasteiger partial charge in [-0.1, -0.05) is 51.2 Å². The lowest BCUT2D eigenvalue weighted by atomic mass is 10.1. The monoisotopic (exact) mass is 217 g/mol. The van der Waals surface area contributed by atoms with Crippen molar-refractivity contribution in [1.82, 2.24) is 4.98 Å². The molecule has 0 amide bonds. The second-order valence-electron chi connectivity index (χ2n) is 4.24. The van der Waals surface area contributed by atoms with E-state index in [-0.39, 0.29) is 0 Å². The predicted molar refractivity (Wildman–Crippen MR) is 71.3 cm³/mol. The Morgan fingerprint density at radius 3 is 2.44 bits per heavy atom. The molecule has 0 radical (unpaired) electrons. The molecule has 0 fully saturated rings. The normalized spacial score (nSPS) is 11.1. The van der Waals surface area contributed by atoms with Crippen molar-refractivity contribution in [1.29, 1.82) is 0 Å². The molecular weight excluding hydrogens is 194 g/mol. The molecule has 0 bridgehead atoms. The van der Waals surface area contributed by atoms with Gasteiger partial charge in [0.05, 0.1) is 0 Å². The SMILES string of the molecule is CCCCCCCC/C=C/c1ccncc1. The van der Waals surface area contributed by atoms with Crippen molar-refractivity contribution in [2.24, 2.45) is 0 Å². The molecule has 0 N–H and O–H groups in total. The van der Waals surface area contributed by atoms with Crippen LogP contribution in [0.4, 0.5) is 0 Å². The number of hydrogen-bond acceptors (Lipinski definition) is 1. The molecule has 1 nitrogen and oxygen atoms in total. The highest BCUT2D eigenvalue weighted by atomic mass is 14.6. The van der Waals surface area contributed by atoms with Crippen LogP contribution in [0.1, 0.15) is 57.4 Å². The van der Waals surface area contributed by atoms with Crippen LogP contribution in [0.15, 0.2) is 30.6 Å². The van der Waals surface area contributed by atoms with Gasteiger partial charge < -0.3 is 0 Å². The molecule has 1 heteroatoms. The van der Waals surface area contributed by atoms with Gasteiger partial charge >= 0.3 is 0 Å². The second kappa shape index (κ2) is 9.14. The Kier molecular flexibility index (Phi) is 7.40. The van der Waals surface area contributed by atoms with Gasteiger partial charge in [-0.05, 0) is 30.5 Å². The van der Waals surface area contributed by atoms with E-state index in [1.54, 1.807) is 0 Å². The smallest absolute Gasteiger partial charge is 0.0273 e. The summed E-state index contributed by atoms with van der Waals surface area (Å²) in [6.45, 7) is 2.26. The number of hydrogen-bond donors (Lipinski definition) is 0. The highest BCUT2D eigenvalue weighted by molar-refractivity contribution is 5.47. The zero-order valence-corrected chi connectivity index (χ0v) is 10.4. The van der Waals surface area contributed by atoms with Gasteiger partial charge in [0.15, 0.2) is 0 Å². The quantitative estimate of drug-likeness (QED) is 0.567. The highest BCUT2D eigenvalue weighted by Crippen LogP contribution is 2.08. The van der Waals surface area contributed by atoms with E-state index in [0.29, 0.717) is 0 Å². The number of pyridine rings is 1. The standard InChI is InChI=1S/C15H23N/c1-2-3-4-5-6-7-8-9-10-15-11-13-16-14-12-15/h9-14H,2-8H2,1H3/b10-9+. The zero-order chi connectivity index (χ0) is 11.5. The third-order valence-corrected chi connectivity index (χ3v) is 2.74. The summed E-state index contributed by atoms with van der Waals surface area (Å²) in [7, 11) is 0. The first-order valence-electron chi connectivity index (χ1n) is 6.50. The van der Waals surface area contributed by atoms with E-state index in [0.717, 1.165) is 0 Å². The van der Waals surface area contributed by atoms with Crippen molar-refractivity contribution >= 4 is 6.08 Å². The topological polar surface area (TPSA) is 12.9 Å². The molecule has 0 unspecified atom stereocenters. The minimum absolute atomic E-state index is 1.20. The highest BCUT2D eigenvalue weighted by Gasteiger charge is 1.88. The fourth-order valence-electron chi connectivity index (χ4n) is 1.74. The molecule has 0 aliphatic rings. The average Bonchev–Trinajstić information content (AvgIpc) is 2.34. The molecule has 1 heterocycles. The van der Waals surface area contributed by atoms with E-state index in [4.69, 9.17) is 0 Å². The van der Waals surface area contributed by atoms with Crippen molar-refractivity contribution in [3.63, 3.8) is 0 Å². The van der Waals surface area contributed by atoms with Crippen LogP contribution in [0.25, 0.3) is 6.08 Å². The van der Waals surface area contributed by atoms with Gasteiger partial charge in [0.1, 0.15) is 0 Å². The number of nitrogens with zero attached hydrogens (tertiary/aromatic N) is 1. The van der Waals surface area contributed by atoms with Gasteiger partial charge in [0.2, 0.25) is 0 Å². The first-order valence-corrected chi connectivity index (χ1v) is 6.50. The first-order chi connectivity index (χ1) is 7.93. The Balaban J connectivity index is 2.01. The second-order valence-corrected chi connectivity index (χ2v) is 4.24. The molecule has 88 valence electrons. The van der Waals surface area contributed by atoms with E-state index in [1.165, 1.54) is 50.5 Å². The molecule has 0 spiro atoms. The van der Waals surface area contributed by atoms with Crippen LogP contribution < -0.4 is 0 Å². The molecule has 1 rings (SSSR count). The summed E-state index contributed by atoms with van der Waals surface area (Å²) in [5.74, 6) is 0. The van der Waals surface area contributed by atoms with Crippen LogP contribution in [0.2, 0.25) is 0 Å². The van der Waals surface area contributed by atoms with E-state index in [1.807, 2.05) is 24.5 Å². The molecule has 16 heavy (non-hydrogen) atoms. The molecule has 0 saturated carbocycles. The van der Waals surface area contributed by atoms with Crippen molar-refractivity contribution in [3.8, 4) is 0 Å². The van der Waals surface area contributed by atoms with Crippen LogP contribution in [-0.4, -0.2) is 4.98 Å². The number of rotatable bonds is 8. The Morgan fingerprint density at radius 2 is 1.69 bits per heavy atom. The minimum atomic E-state index is 1.20. The lowest BCUT2D eigenvalue weighted by Gasteiger charge is -1.97.